The van der Waals surface area contributed by atoms with E-state index in [2.05, 4.69) is 29.0 Å². The summed E-state index contributed by atoms with van der Waals surface area (Å²) in [6.07, 6.45) is 4.85. The fraction of sp³-hybridized carbons (Fsp3) is 0.269. The van der Waals surface area contributed by atoms with Gasteiger partial charge in [-0.1, -0.05) is 48.5 Å². The predicted molar refractivity (Wildman–Crippen MR) is 128 cm³/mol. The SMILES string of the molecule is O=C(O)c1cccc(S(=O)(=O)NCCc2ccc(OCCCCCc3ccccc3)cc2)c1. The van der Waals surface area contributed by atoms with Gasteiger partial charge in [0, 0.05) is 6.54 Å². The van der Waals surface area contributed by atoms with E-state index in [-0.39, 0.29) is 17.0 Å². The molecule has 0 fully saturated rings. The van der Waals surface area contributed by atoms with Crippen molar-refractivity contribution in [2.75, 3.05) is 13.2 Å². The molecule has 0 amide bonds. The predicted octanol–water partition coefficient (Wildman–Crippen LogP) is 4.70. The highest BCUT2D eigenvalue weighted by Gasteiger charge is 2.15. The highest BCUT2D eigenvalue weighted by molar-refractivity contribution is 7.89. The molecule has 2 N–H and O–H groups in total. The van der Waals surface area contributed by atoms with Crippen molar-refractivity contribution in [2.45, 2.75) is 37.0 Å². The standard InChI is InChI=1S/C26H29NO5S/c28-26(29)23-11-7-12-25(20-23)33(30,31)27-18-17-22-13-15-24(16-14-22)32-19-6-2-5-10-21-8-3-1-4-9-21/h1,3-4,7-9,11-16,20,27H,2,5-6,10,17-19H2,(H,28,29). The van der Waals surface area contributed by atoms with Gasteiger partial charge in [-0.3, -0.25) is 0 Å². The van der Waals surface area contributed by atoms with Crippen LogP contribution >= 0.6 is 0 Å². The normalized spacial score (nSPS) is 11.3. The molecule has 0 spiro atoms. The third-order valence-corrected chi connectivity index (χ3v) is 6.70. The van der Waals surface area contributed by atoms with Gasteiger partial charge in [0.15, 0.2) is 0 Å². The van der Waals surface area contributed by atoms with E-state index in [4.69, 9.17) is 9.84 Å². The summed E-state index contributed by atoms with van der Waals surface area (Å²) >= 11 is 0. The molecule has 0 atom stereocenters. The molecule has 0 saturated heterocycles. The number of aromatic carboxylic acids is 1. The van der Waals surface area contributed by atoms with E-state index in [0.717, 1.165) is 43.1 Å². The Kier molecular flexibility index (Phi) is 9.04. The number of carboxylic acid groups (broad SMARTS) is 1. The first kappa shape index (κ1) is 24.5. The topological polar surface area (TPSA) is 92.7 Å². The van der Waals surface area contributed by atoms with Gasteiger partial charge in [-0.15, -0.1) is 0 Å². The molecule has 7 heteroatoms. The molecule has 0 saturated carbocycles. The van der Waals surface area contributed by atoms with Crippen molar-refractivity contribution in [3.63, 3.8) is 0 Å². The van der Waals surface area contributed by atoms with Crippen LogP contribution in [0.15, 0.2) is 83.8 Å². The van der Waals surface area contributed by atoms with Crippen LogP contribution in [0.5, 0.6) is 5.75 Å². The van der Waals surface area contributed by atoms with Crippen LogP contribution in [-0.4, -0.2) is 32.6 Å². The third-order valence-electron chi connectivity index (χ3n) is 5.24. The minimum absolute atomic E-state index is 0.0603. The van der Waals surface area contributed by atoms with Gasteiger partial charge in [0.05, 0.1) is 17.1 Å². The zero-order valence-electron chi connectivity index (χ0n) is 18.4. The largest absolute Gasteiger partial charge is 0.494 e. The highest BCUT2D eigenvalue weighted by Crippen LogP contribution is 2.15. The number of carboxylic acids is 1. The Hall–Kier alpha value is -3.16. The molecule has 0 aliphatic heterocycles. The quantitative estimate of drug-likeness (QED) is 0.356. The van der Waals surface area contributed by atoms with E-state index < -0.39 is 16.0 Å². The fourth-order valence-corrected chi connectivity index (χ4v) is 4.48. The molecule has 0 aromatic heterocycles. The van der Waals surface area contributed by atoms with Crippen LogP contribution in [0.3, 0.4) is 0 Å². The maximum atomic E-state index is 12.4. The number of sulfonamides is 1. The Labute approximate surface area is 195 Å². The summed E-state index contributed by atoms with van der Waals surface area (Å²) in [6.45, 7) is 0.880. The minimum atomic E-state index is -3.77. The number of aryl methyl sites for hydroxylation is 1. The van der Waals surface area contributed by atoms with Crippen molar-refractivity contribution < 1.29 is 23.1 Å². The summed E-state index contributed by atoms with van der Waals surface area (Å²) in [5.74, 6) is -0.366. The maximum absolute atomic E-state index is 12.4. The van der Waals surface area contributed by atoms with Crippen molar-refractivity contribution in [3.05, 3.63) is 95.6 Å². The van der Waals surface area contributed by atoms with E-state index >= 15 is 0 Å². The average molecular weight is 468 g/mol. The summed E-state index contributed by atoms with van der Waals surface area (Å²) < 4.78 is 33.1. The van der Waals surface area contributed by atoms with E-state index in [1.54, 1.807) is 0 Å². The lowest BCUT2D eigenvalue weighted by molar-refractivity contribution is 0.0696. The number of rotatable bonds is 13. The number of carbonyl (C=O) groups is 1. The first-order valence-corrected chi connectivity index (χ1v) is 12.5. The van der Waals surface area contributed by atoms with Crippen LogP contribution in [0, 0.1) is 0 Å². The molecule has 6 nitrogen and oxygen atoms in total. The number of unbranched alkanes of at least 4 members (excludes halogenated alkanes) is 2. The number of hydrogen-bond donors (Lipinski definition) is 2. The Balaban J connectivity index is 1.36. The molecular weight excluding hydrogens is 438 g/mol. The monoisotopic (exact) mass is 467 g/mol. The van der Waals surface area contributed by atoms with Crippen molar-refractivity contribution in [3.8, 4) is 5.75 Å². The van der Waals surface area contributed by atoms with Gasteiger partial charge in [0.1, 0.15) is 5.75 Å². The van der Waals surface area contributed by atoms with Crippen LogP contribution in [0.2, 0.25) is 0 Å². The molecule has 0 bridgehead atoms. The van der Waals surface area contributed by atoms with E-state index in [0.29, 0.717) is 13.0 Å². The summed E-state index contributed by atoms with van der Waals surface area (Å²) in [7, 11) is -3.77. The second kappa shape index (κ2) is 12.2. The van der Waals surface area contributed by atoms with Crippen molar-refractivity contribution in [1.29, 1.82) is 0 Å². The third kappa shape index (κ3) is 8.04. The van der Waals surface area contributed by atoms with Gasteiger partial charge >= 0.3 is 5.97 Å². The lowest BCUT2D eigenvalue weighted by Crippen LogP contribution is -2.26. The number of hydrogen-bond acceptors (Lipinski definition) is 4. The van der Waals surface area contributed by atoms with E-state index in [1.165, 1.54) is 23.8 Å². The lowest BCUT2D eigenvalue weighted by atomic mass is 10.1. The maximum Gasteiger partial charge on any atom is 0.335 e. The molecule has 0 aliphatic rings. The van der Waals surface area contributed by atoms with Crippen LogP contribution in [-0.2, 0) is 22.9 Å². The van der Waals surface area contributed by atoms with Crippen molar-refractivity contribution in [2.24, 2.45) is 0 Å². The van der Waals surface area contributed by atoms with Gasteiger partial charge in [-0.25, -0.2) is 17.9 Å². The van der Waals surface area contributed by atoms with Gasteiger partial charge < -0.3 is 9.84 Å². The molecule has 3 aromatic rings. The zero-order chi connectivity index (χ0) is 23.5. The Morgan fingerprint density at radius 2 is 1.55 bits per heavy atom. The van der Waals surface area contributed by atoms with Crippen LogP contribution in [0.1, 0.15) is 40.7 Å². The minimum Gasteiger partial charge on any atom is -0.494 e. The van der Waals surface area contributed by atoms with Gasteiger partial charge in [0.2, 0.25) is 10.0 Å². The lowest BCUT2D eigenvalue weighted by Gasteiger charge is -2.09. The molecule has 0 unspecified atom stereocenters. The molecule has 174 valence electrons. The van der Waals surface area contributed by atoms with Gasteiger partial charge in [-0.2, -0.15) is 0 Å². The molecular formula is C26H29NO5S. The van der Waals surface area contributed by atoms with E-state index in [1.807, 2.05) is 30.3 Å². The summed E-state index contributed by atoms with van der Waals surface area (Å²) in [6, 6.07) is 23.4. The molecule has 0 heterocycles. The average Bonchev–Trinajstić information content (AvgIpc) is 2.83. The zero-order valence-corrected chi connectivity index (χ0v) is 19.3. The Bertz CT molecular complexity index is 1130. The number of benzene rings is 3. The molecule has 0 radical (unpaired) electrons. The van der Waals surface area contributed by atoms with Gasteiger partial charge in [0.25, 0.3) is 0 Å². The smallest absolute Gasteiger partial charge is 0.335 e. The van der Waals surface area contributed by atoms with Crippen molar-refractivity contribution >= 4 is 16.0 Å². The van der Waals surface area contributed by atoms with Crippen molar-refractivity contribution in [1.82, 2.24) is 4.72 Å². The van der Waals surface area contributed by atoms with E-state index in [9.17, 15) is 13.2 Å². The van der Waals surface area contributed by atoms with Crippen LogP contribution < -0.4 is 9.46 Å². The molecule has 0 aliphatic carbocycles. The summed E-state index contributed by atoms with van der Waals surface area (Å²) in [5, 5.41) is 9.03. The number of nitrogens with one attached hydrogen (secondary N) is 1. The Morgan fingerprint density at radius 3 is 2.27 bits per heavy atom. The summed E-state index contributed by atoms with van der Waals surface area (Å²) in [5.41, 5.74) is 2.28. The first-order chi connectivity index (χ1) is 15.9. The molecule has 33 heavy (non-hydrogen) atoms. The fourth-order valence-electron chi connectivity index (χ4n) is 3.40. The second-order valence-electron chi connectivity index (χ2n) is 7.77. The van der Waals surface area contributed by atoms with Gasteiger partial charge in [-0.05, 0) is 73.6 Å². The first-order valence-electron chi connectivity index (χ1n) is 11.0. The second-order valence-corrected chi connectivity index (χ2v) is 9.54. The highest BCUT2D eigenvalue weighted by atomic mass is 32.2. The van der Waals surface area contributed by atoms with Crippen LogP contribution in [0.25, 0.3) is 0 Å². The van der Waals surface area contributed by atoms with Crippen LogP contribution in [0.4, 0.5) is 0 Å². The number of ether oxygens (including phenoxy) is 1. The molecule has 3 aromatic carbocycles. The Morgan fingerprint density at radius 1 is 0.818 bits per heavy atom. The molecule has 3 rings (SSSR count). The summed E-state index contributed by atoms with van der Waals surface area (Å²) in [4.78, 5) is 11.0.